The Bertz CT molecular complexity index is 250. The molecule has 0 aromatic rings. The van der Waals surface area contributed by atoms with Gasteiger partial charge in [-0.25, -0.2) is 0 Å². The summed E-state index contributed by atoms with van der Waals surface area (Å²) in [6.45, 7) is 3.95. The van der Waals surface area contributed by atoms with Crippen LogP contribution in [-0.4, -0.2) is 38.9 Å². The maximum Gasteiger partial charge on any atom is 0.265 e. The minimum Gasteiger partial charge on any atom is -0.277 e. The Kier molecular flexibility index (Phi) is 3.70. The van der Waals surface area contributed by atoms with E-state index in [0.717, 1.165) is 38.6 Å². The van der Waals surface area contributed by atoms with Gasteiger partial charge in [-0.15, -0.1) is 0 Å². The summed E-state index contributed by atoms with van der Waals surface area (Å²) in [6, 6.07) is 0. The molecule has 13 heavy (non-hydrogen) atoms. The molecule has 1 aliphatic rings. The van der Waals surface area contributed by atoms with E-state index in [-0.39, 0.29) is 6.23 Å². The summed E-state index contributed by atoms with van der Waals surface area (Å²) in [5.74, 6) is 0. The van der Waals surface area contributed by atoms with Crippen molar-refractivity contribution in [3.8, 4) is 0 Å². The molecule has 0 aromatic carbocycles. The van der Waals surface area contributed by atoms with Crippen molar-refractivity contribution in [2.75, 3.05) is 19.3 Å². The first-order valence-electron chi connectivity index (χ1n) is 4.65. The fraction of sp³-hybridized carbons (Fsp3) is 1.00. The summed E-state index contributed by atoms with van der Waals surface area (Å²) in [4.78, 5) is 2.08. The van der Waals surface area contributed by atoms with Crippen molar-refractivity contribution in [2.45, 2.75) is 32.4 Å². The van der Waals surface area contributed by atoms with E-state index < -0.39 is 10.1 Å². The lowest BCUT2D eigenvalue weighted by Gasteiger charge is -2.22. The van der Waals surface area contributed by atoms with Crippen LogP contribution in [0.25, 0.3) is 0 Å². The summed E-state index contributed by atoms with van der Waals surface area (Å²) in [6.07, 6.45) is 3.78. The topological polar surface area (TPSA) is 46.6 Å². The highest BCUT2D eigenvalue weighted by Gasteiger charge is 2.27. The van der Waals surface area contributed by atoms with Crippen molar-refractivity contribution in [1.82, 2.24) is 4.90 Å². The molecule has 1 rings (SSSR count). The predicted molar refractivity (Wildman–Crippen MR) is 50.8 cm³/mol. The number of hydrogen-bond acceptors (Lipinski definition) is 4. The predicted octanol–water partition coefficient (Wildman–Crippen LogP) is 0.794. The molecule has 1 unspecified atom stereocenters. The van der Waals surface area contributed by atoms with E-state index >= 15 is 0 Å². The standard InChI is InChI=1S/C8H17NO3S/c1-3-6-9-7-4-5-8(9)12-13(2,10)11/h8H,3-7H2,1-2H3. The molecular weight excluding hydrogens is 190 g/mol. The van der Waals surface area contributed by atoms with Crippen LogP contribution in [-0.2, 0) is 14.3 Å². The van der Waals surface area contributed by atoms with E-state index in [1.165, 1.54) is 0 Å². The molecule has 1 aliphatic heterocycles. The Morgan fingerprint density at radius 1 is 1.54 bits per heavy atom. The first kappa shape index (κ1) is 10.9. The van der Waals surface area contributed by atoms with Crippen molar-refractivity contribution in [3.05, 3.63) is 0 Å². The molecule has 0 N–H and O–H groups in total. The Labute approximate surface area is 80.0 Å². The molecule has 0 radical (unpaired) electrons. The van der Waals surface area contributed by atoms with Gasteiger partial charge in [0, 0.05) is 13.1 Å². The van der Waals surface area contributed by atoms with Crippen molar-refractivity contribution in [2.24, 2.45) is 0 Å². The van der Waals surface area contributed by atoms with Gasteiger partial charge >= 0.3 is 0 Å². The number of hydrogen-bond donors (Lipinski definition) is 0. The van der Waals surface area contributed by atoms with Gasteiger partial charge in [0.25, 0.3) is 10.1 Å². The second-order valence-corrected chi connectivity index (χ2v) is 5.03. The molecule has 0 aromatic heterocycles. The van der Waals surface area contributed by atoms with Gasteiger partial charge in [-0.3, -0.25) is 9.08 Å². The lowest BCUT2D eigenvalue weighted by atomic mass is 10.4. The maximum atomic E-state index is 10.9. The second-order valence-electron chi connectivity index (χ2n) is 3.43. The molecule has 0 bridgehead atoms. The van der Waals surface area contributed by atoms with Crippen LogP contribution in [0.2, 0.25) is 0 Å². The third-order valence-corrected chi connectivity index (χ3v) is 2.67. The number of nitrogens with zero attached hydrogens (tertiary/aromatic N) is 1. The van der Waals surface area contributed by atoms with E-state index in [0.29, 0.717) is 0 Å². The fourth-order valence-electron chi connectivity index (χ4n) is 1.65. The molecule has 5 heteroatoms. The largest absolute Gasteiger partial charge is 0.277 e. The zero-order valence-electron chi connectivity index (χ0n) is 8.19. The Hall–Kier alpha value is -0.130. The molecule has 1 heterocycles. The molecular formula is C8H17NO3S. The molecule has 0 aliphatic carbocycles. The quantitative estimate of drug-likeness (QED) is 0.640. The average Bonchev–Trinajstić information content (AvgIpc) is 2.34. The van der Waals surface area contributed by atoms with Gasteiger partial charge in [-0.2, -0.15) is 8.42 Å². The Balaban J connectivity index is 2.49. The Morgan fingerprint density at radius 2 is 2.23 bits per heavy atom. The first-order chi connectivity index (χ1) is 6.03. The van der Waals surface area contributed by atoms with Crippen LogP contribution in [0.4, 0.5) is 0 Å². The van der Waals surface area contributed by atoms with Crippen LogP contribution in [0.15, 0.2) is 0 Å². The third-order valence-electron chi connectivity index (χ3n) is 2.10. The van der Waals surface area contributed by atoms with Crippen LogP contribution < -0.4 is 0 Å². The summed E-state index contributed by atoms with van der Waals surface area (Å²) in [5.41, 5.74) is 0. The van der Waals surface area contributed by atoms with Crippen molar-refractivity contribution < 1.29 is 12.6 Å². The SMILES string of the molecule is CCCN1CCCC1OS(C)(=O)=O. The molecule has 1 saturated heterocycles. The van der Waals surface area contributed by atoms with E-state index in [2.05, 4.69) is 11.8 Å². The summed E-state index contributed by atoms with van der Waals surface area (Å²) in [5, 5.41) is 0. The first-order valence-corrected chi connectivity index (χ1v) is 6.47. The molecule has 0 spiro atoms. The highest BCUT2D eigenvalue weighted by atomic mass is 32.2. The van der Waals surface area contributed by atoms with Crippen LogP contribution in [0.5, 0.6) is 0 Å². The van der Waals surface area contributed by atoms with Crippen molar-refractivity contribution >= 4 is 10.1 Å². The van der Waals surface area contributed by atoms with Crippen LogP contribution >= 0.6 is 0 Å². The van der Waals surface area contributed by atoms with E-state index in [4.69, 9.17) is 4.18 Å². The zero-order chi connectivity index (χ0) is 9.90. The van der Waals surface area contributed by atoms with Gasteiger partial charge in [0.15, 0.2) is 0 Å². The summed E-state index contributed by atoms with van der Waals surface area (Å²) in [7, 11) is -3.30. The van der Waals surface area contributed by atoms with E-state index in [1.807, 2.05) is 0 Å². The van der Waals surface area contributed by atoms with E-state index in [1.54, 1.807) is 0 Å². The lowest BCUT2D eigenvalue weighted by molar-refractivity contribution is 0.0679. The highest BCUT2D eigenvalue weighted by Crippen LogP contribution is 2.19. The zero-order valence-corrected chi connectivity index (χ0v) is 9.01. The summed E-state index contributed by atoms with van der Waals surface area (Å²) >= 11 is 0. The van der Waals surface area contributed by atoms with Gasteiger partial charge in [0.05, 0.1) is 6.26 Å². The molecule has 0 saturated carbocycles. The van der Waals surface area contributed by atoms with Gasteiger partial charge in [-0.05, 0) is 19.3 Å². The molecule has 0 amide bonds. The van der Waals surface area contributed by atoms with Gasteiger partial charge in [0.2, 0.25) is 0 Å². The van der Waals surface area contributed by atoms with Crippen LogP contribution in [0.3, 0.4) is 0 Å². The summed E-state index contributed by atoms with van der Waals surface area (Å²) < 4.78 is 26.7. The lowest BCUT2D eigenvalue weighted by Crippen LogP contribution is -2.33. The molecule has 1 atom stereocenters. The normalized spacial score (nSPS) is 25.2. The number of rotatable bonds is 4. The van der Waals surface area contributed by atoms with Crippen LogP contribution in [0, 0.1) is 0 Å². The molecule has 1 fully saturated rings. The van der Waals surface area contributed by atoms with Gasteiger partial charge in [-0.1, -0.05) is 6.92 Å². The van der Waals surface area contributed by atoms with Crippen molar-refractivity contribution in [3.63, 3.8) is 0 Å². The molecule has 78 valence electrons. The van der Waals surface area contributed by atoms with Gasteiger partial charge in [0.1, 0.15) is 6.23 Å². The maximum absolute atomic E-state index is 10.9. The highest BCUT2D eigenvalue weighted by molar-refractivity contribution is 7.86. The van der Waals surface area contributed by atoms with Crippen LogP contribution in [0.1, 0.15) is 26.2 Å². The fourth-order valence-corrected chi connectivity index (χ4v) is 2.27. The minimum absolute atomic E-state index is 0.213. The van der Waals surface area contributed by atoms with E-state index in [9.17, 15) is 8.42 Å². The minimum atomic E-state index is -3.30. The van der Waals surface area contributed by atoms with Gasteiger partial charge < -0.3 is 0 Å². The molecule has 4 nitrogen and oxygen atoms in total. The third kappa shape index (κ3) is 3.62. The Morgan fingerprint density at radius 3 is 2.77 bits per heavy atom. The smallest absolute Gasteiger partial charge is 0.265 e. The average molecular weight is 207 g/mol. The monoisotopic (exact) mass is 207 g/mol. The van der Waals surface area contributed by atoms with Crippen molar-refractivity contribution in [1.29, 1.82) is 0 Å². The second kappa shape index (κ2) is 4.39. The number of likely N-dealkylation sites (tertiary alicyclic amines) is 1.